The van der Waals surface area contributed by atoms with Gasteiger partial charge in [0.05, 0.1) is 68.1 Å². The molecule has 10 rings (SSSR count). The maximum Gasteiger partial charge on any atom is 0.189 e. The number of hydrogen-bond acceptors (Lipinski definition) is 8. The Kier molecular flexibility index (Phi) is 7.92. The molecular weight excluding hydrogens is 713 g/mol. The summed E-state index contributed by atoms with van der Waals surface area (Å²) in [4.78, 5) is 55.0. The van der Waals surface area contributed by atoms with E-state index in [0.29, 0.717) is 28.5 Å². The fourth-order valence-electron chi connectivity index (χ4n) is 7.57. The number of H-pyrrole nitrogens is 4. The SMILES string of the molecule is Cc1cccc([C@H](C)C(=O)c2cc3cc4c(-c5ccnc(-c6cccc([C@@H](C)C(=O)c7cc8cc9c(-c%10ccncc%10)[nH][nH]c9cc8n7)n6)c5)[nH][nH]c4cc3n2)n1. The van der Waals surface area contributed by atoms with Crippen LogP contribution < -0.4 is 0 Å². The lowest BCUT2D eigenvalue weighted by molar-refractivity contribution is 0.0953. The number of nitrogens with one attached hydrogen (secondary N) is 4. The summed E-state index contributed by atoms with van der Waals surface area (Å²) in [5.74, 6) is -1.15. The molecular formula is C45H34N10O2. The summed E-state index contributed by atoms with van der Waals surface area (Å²) in [6.45, 7) is 5.64. The van der Waals surface area contributed by atoms with Crippen LogP contribution in [0.3, 0.4) is 0 Å². The van der Waals surface area contributed by atoms with Crippen molar-refractivity contribution in [2.45, 2.75) is 32.6 Å². The average Bonchev–Trinajstić information content (AvgIpc) is 4.06. The number of aryl methyl sites for hydroxylation is 1. The highest BCUT2D eigenvalue weighted by molar-refractivity contribution is 6.08. The van der Waals surface area contributed by atoms with Gasteiger partial charge in [-0.3, -0.25) is 39.7 Å². The maximum absolute atomic E-state index is 13.9. The minimum atomic E-state index is -0.543. The van der Waals surface area contributed by atoms with E-state index in [4.69, 9.17) is 15.0 Å². The molecule has 12 heteroatoms. The zero-order chi connectivity index (χ0) is 38.8. The van der Waals surface area contributed by atoms with Crippen LogP contribution in [-0.4, -0.2) is 61.9 Å². The number of rotatable bonds is 9. The summed E-state index contributed by atoms with van der Waals surface area (Å²) < 4.78 is 0. The average molecular weight is 747 g/mol. The van der Waals surface area contributed by atoms with Gasteiger partial charge in [-0.05, 0) is 106 Å². The standard InChI is InChI=1S/C45H34N10O2/c1-23-6-4-7-32(48-23)24(2)44(56)40-20-29-17-31-38(22-36(29)50-40)53-55-43(31)27-12-15-47-39(18-27)34-9-5-8-33(49-34)25(3)45(57)41-19-28-16-30-37(21-35(28)51-41)52-54-42(30)26-10-13-46-14-11-26/h4-22,24-25,52-55H,1-3H3/t24-,25+/m0/s1. The molecule has 0 aliphatic carbocycles. The Morgan fingerprint density at radius 2 is 1.11 bits per heavy atom. The van der Waals surface area contributed by atoms with Crippen molar-refractivity contribution >= 4 is 55.2 Å². The van der Waals surface area contributed by atoms with E-state index in [1.807, 2.05) is 118 Å². The Bertz CT molecular complexity index is 3190. The molecule has 4 N–H and O–H groups in total. The molecule has 0 radical (unpaired) electrons. The number of carbonyl (C=O) groups excluding carboxylic acids is 2. The Morgan fingerprint density at radius 3 is 1.72 bits per heavy atom. The summed E-state index contributed by atoms with van der Waals surface area (Å²) in [6, 6.07) is 30.9. The molecule has 0 spiro atoms. The molecule has 0 amide bonds. The van der Waals surface area contributed by atoms with Crippen molar-refractivity contribution in [3.05, 3.63) is 144 Å². The van der Waals surface area contributed by atoms with Crippen LogP contribution in [0.5, 0.6) is 0 Å². The Balaban J connectivity index is 0.916. The second-order valence-electron chi connectivity index (χ2n) is 14.4. The number of fused-ring (bicyclic) bond motifs is 4. The van der Waals surface area contributed by atoms with Crippen molar-refractivity contribution in [2.24, 2.45) is 0 Å². The lowest BCUT2D eigenvalue weighted by atomic mass is 9.98. The zero-order valence-corrected chi connectivity index (χ0v) is 31.1. The van der Waals surface area contributed by atoms with E-state index in [-0.39, 0.29) is 11.6 Å². The number of nitrogens with zero attached hydrogens (tertiary/aromatic N) is 6. The van der Waals surface area contributed by atoms with E-state index < -0.39 is 11.8 Å². The van der Waals surface area contributed by atoms with E-state index >= 15 is 0 Å². The Labute approximate surface area is 324 Å². The van der Waals surface area contributed by atoms with Gasteiger partial charge >= 0.3 is 0 Å². The van der Waals surface area contributed by atoms with Crippen LogP contribution in [0.25, 0.3) is 77.5 Å². The van der Waals surface area contributed by atoms with Crippen molar-refractivity contribution in [3.63, 3.8) is 0 Å². The van der Waals surface area contributed by atoms with Gasteiger partial charge in [0.15, 0.2) is 11.6 Å². The van der Waals surface area contributed by atoms with Gasteiger partial charge in [0.2, 0.25) is 0 Å². The second kappa shape index (κ2) is 13.3. The van der Waals surface area contributed by atoms with Gasteiger partial charge in [0.1, 0.15) is 11.4 Å². The summed E-state index contributed by atoms with van der Waals surface area (Å²) in [5.41, 5.74) is 11.3. The van der Waals surface area contributed by atoms with Gasteiger partial charge in [-0.1, -0.05) is 12.1 Å². The smallest absolute Gasteiger partial charge is 0.189 e. The fourth-order valence-corrected chi connectivity index (χ4v) is 7.57. The summed E-state index contributed by atoms with van der Waals surface area (Å²) >= 11 is 0. The van der Waals surface area contributed by atoms with Gasteiger partial charge in [0, 0.05) is 57.0 Å². The molecule has 0 bridgehead atoms. The van der Waals surface area contributed by atoms with Gasteiger partial charge in [0.25, 0.3) is 0 Å². The minimum absolute atomic E-state index is 0.0725. The Morgan fingerprint density at radius 1 is 0.544 bits per heavy atom. The van der Waals surface area contributed by atoms with Crippen molar-refractivity contribution in [1.82, 2.24) is 50.3 Å². The molecule has 276 valence electrons. The number of aromatic nitrogens is 10. The van der Waals surface area contributed by atoms with Crippen molar-refractivity contribution in [3.8, 4) is 33.9 Å². The first-order chi connectivity index (χ1) is 27.8. The molecule has 0 saturated heterocycles. The fraction of sp³-hybridized carbons (Fsp3) is 0.111. The van der Waals surface area contributed by atoms with Crippen LogP contribution in [0, 0.1) is 6.92 Å². The van der Waals surface area contributed by atoms with Crippen LogP contribution in [-0.2, 0) is 0 Å². The van der Waals surface area contributed by atoms with E-state index in [1.54, 1.807) is 18.6 Å². The number of aromatic amines is 4. The van der Waals surface area contributed by atoms with Crippen LogP contribution in [0.15, 0.2) is 116 Å². The Hall–Kier alpha value is -7.60. The highest BCUT2D eigenvalue weighted by Gasteiger charge is 2.24. The van der Waals surface area contributed by atoms with Crippen LogP contribution in [0.1, 0.15) is 63.7 Å². The molecule has 0 aliphatic rings. The molecule has 8 heterocycles. The van der Waals surface area contributed by atoms with Gasteiger partial charge in [-0.2, -0.15) is 0 Å². The van der Waals surface area contributed by atoms with Crippen molar-refractivity contribution < 1.29 is 9.59 Å². The predicted octanol–water partition coefficient (Wildman–Crippen LogP) is 9.26. The molecule has 2 aromatic carbocycles. The van der Waals surface area contributed by atoms with Gasteiger partial charge in [-0.15, -0.1) is 0 Å². The molecule has 57 heavy (non-hydrogen) atoms. The molecule has 0 unspecified atom stereocenters. The van der Waals surface area contributed by atoms with Gasteiger partial charge in [-0.25, -0.2) is 9.97 Å². The van der Waals surface area contributed by atoms with E-state index in [0.717, 1.165) is 77.5 Å². The third-order valence-electron chi connectivity index (χ3n) is 10.7. The zero-order valence-electron chi connectivity index (χ0n) is 31.1. The normalized spacial score (nSPS) is 12.8. The minimum Gasteiger partial charge on any atom is -0.300 e. The number of benzene rings is 2. The van der Waals surface area contributed by atoms with Crippen LogP contribution in [0.4, 0.5) is 0 Å². The van der Waals surface area contributed by atoms with Gasteiger partial charge < -0.3 is 10.2 Å². The first kappa shape index (κ1) is 33.9. The van der Waals surface area contributed by atoms with Crippen LogP contribution in [0.2, 0.25) is 0 Å². The lowest BCUT2D eigenvalue weighted by Gasteiger charge is -2.10. The number of carbonyl (C=O) groups is 2. The van der Waals surface area contributed by atoms with E-state index in [1.165, 1.54) is 0 Å². The van der Waals surface area contributed by atoms with Crippen LogP contribution >= 0.6 is 0 Å². The van der Waals surface area contributed by atoms with Crippen molar-refractivity contribution in [2.75, 3.05) is 0 Å². The largest absolute Gasteiger partial charge is 0.300 e. The first-order valence-electron chi connectivity index (χ1n) is 18.7. The summed E-state index contributed by atoms with van der Waals surface area (Å²) in [5, 5.41) is 16.7. The molecule has 8 aromatic heterocycles. The maximum atomic E-state index is 13.9. The molecule has 0 fully saturated rings. The number of Topliss-reactive ketones (excluding diaryl/α,β-unsaturated/α-hetero) is 2. The van der Waals surface area contributed by atoms with E-state index in [2.05, 4.69) is 35.3 Å². The summed E-state index contributed by atoms with van der Waals surface area (Å²) in [6.07, 6.45) is 5.27. The highest BCUT2D eigenvalue weighted by atomic mass is 16.1. The molecule has 12 nitrogen and oxygen atoms in total. The first-order valence-corrected chi connectivity index (χ1v) is 18.7. The molecule has 0 saturated carbocycles. The molecule has 2 atom stereocenters. The highest BCUT2D eigenvalue weighted by Crippen LogP contribution is 2.34. The number of ketones is 2. The predicted molar refractivity (Wildman–Crippen MR) is 220 cm³/mol. The summed E-state index contributed by atoms with van der Waals surface area (Å²) in [7, 11) is 0. The quantitative estimate of drug-likeness (QED) is 0.106. The number of hydrogen-bond donors (Lipinski definition) is 4. The number of pyridine rings is 4. The second-order valence-corrected chi connectivity index (χ2v) is 14.4. The van der Waals surface area contributed by atoms with E-state index in [9.17, 15) is 9.59 Å². The molecule has 10 aromatic rings. The van der Waals surface area contributed by atoms with Crippen molar-refractivity contribution in [1.29, 1.82) is 0 Å². The lowest BCUT2D eigenvalue weighted by Crippen LogP contribution is -2.11. The molecule has 0 aliphatic heterocycles. The third kappa shape index (κ3) is 5.94. The third-order valence-corrected chi connectivity index (χ3v) is 10.7. The monoisotopic (exact) mass is 746 g/mol. The topological polar surface area (TPSA) is 175 Å².